The van der Waals surface area contributed by atoms with E-state index in [0.717, 1.165) is 5.56 Å². The molecule has 0 radical (unpaired) electrons. The molecule has 1 aromatic rings. The molecule has 2 aliphatic rings. The first kappa shape index (κ1) is 19.8. The highest BCUT2D eigenvalue weighted by Gasteiger charge is 2.62. The van der Waals surface area contributed by atoms with Crippen LogP contribution in [-0.4, -0.2) is 61.4 Å². The number of rotatable bonds is 6. The van der Waals surface area contributed by atoms with Crippen molar-refractivity contribution in [3.8, 4) is 0 Å². The van der Waals surface area contributed by atoms with Gasteiger partial charge < -0.3 is 18.9 Å². The Balaban J connectivity index is 1.89. The Bertz CT molecular complexity index is 667. The van der Waals surface area contributed by atoms with E-state index in [1.165, 1.54) is 13.8 Å². The van der Waals surface area contributed by atoms with Crippen molar-refractivity contribution in [2.75, 3.05) is 20.3 Å². The predicted octanol–water partition coefficient (Wildman–Crippen LogP) is 1.43. The zero-order chi connectivity index (χ0) is 19.4. The zero-order valence-corrected chi connectivity index (χ0v) is 15.8. The fourth-order valence-electron chi connectivity index (χ4n) is 3.66. The Kier molecular flexibility index (Phi) is 6.11. The summed E-state index contributed by atoms with van der Waals surface area (Å²) in [6.07, 6.45) is -0.887. The van der Waals surface area contributed by atoms with Gasteiger partial charge in [-0.25, -0.2) is 0 Å². The highest BCUT2D eigenvalue weighted by molar-refractivity contribution is 5.66. The number of esters is 2. The number of fused-ring (bicyclic) bond motifs is 1. The summed E-state index contributed by atoms with van der Waals surface area (Å²) in [6, 6.07) is 9.30. The average molecular weight is 379 g/mol. The van der Waals surface area contributed by atoms with Crippen LogP contribution in [0.5, 0.6) is 0 Å². The number of methoxy groups -OCH3 is 1. The SMILES string of the molecule is CO[C@@]12CCON(Cc3ccccc3)[C@@H]1[C@@H](OC(C)=O)[C@H](COC(C)=O)O2. The lowest BCUT2D eigenvalue weighted by Crippen LogP contribution is -2.59. The van der Waals surface area contributed by atoms with Crippen LogP contribution in [0, 0.1) is 0 Å². The Morgan fingerprint density at radius 3 is 2.59 bits per heavy atom. The van der Waals surface area contributed by atoms with Crippen molar-refractivity contribution in [2.45, 2.75) is 50.8 Å². The van der Waals surface area contributed by atoms with Gasteiger partial charge in [0.05, 0.1) is 6.61 Å². The van der Waals surface area contributed by atoms with Crippen molar-refractivity contribution in [2.24, 2.45) is 0 Å². The van der Waals surface area contributed by atoms with Crippen molar-refractivity contribution in [1.82, 2.24) is 5.06 Å². The van der Waals surface area contributed by atoms with Crippen LogP contribution >= 0.6 is 0 Å². The van der Waals surface area contributed by atoms with Gasteiger partial charge in [0.2, 0.25) is 0 Å². The molecule has 0 N–H and O–H groups in total. The average Bonchev–Trinajstić information content (AvgIpc) is 2.95. The van der Waals surface area contributed by atoms with E-state index in [9.17, 15) is 9.59 Å². The standard InChI is InChI=1S/C19H25NO7/c1-13(21)24-12-16-17(26-14(2)22)18-19(23-3,27-16)9-10-25-20(18)11-15-7-5-4-6-8-15/h4-8,16-18H,9-12H2,1-3H3/t16-,17-,18+,19+/m0/s1. The van der Waals surface area contributed by atoms with Crippen molar-refractivity contribution >= 4 is 11.9 Å². The molecule has 1 aromatic carbocycles. The molecule has 0 bridgehead atoms. The first-order chi connectivity index (χ1) is 12.9. The molecule has 4 atom stereocenters. The van der Waals surface area contributed by atoms with Crippen LogP contribution < -0.4 is 0 Å². The molecule has 0 aromatic heterocycles. The fourth-order valence-corrected chi connectivity index (χ4v) is 3.66. The number of hydrogen-bond donors (Lipinski definition) is 0. The molecular formula is C19H25NO7. The Morgan fingerprint density at radius 1 is 1.22 bits per heavy atom. The molecule has 2 saturated heterocycles. The second-order valence-electron chi connectivity index (χ2n) is 6.64. The summed E-state index contributed by atoms with van der Waals surface area (Å²) in [7, 11) is 1.55. The van der Waals surface area contributed by atoms with Gasteiger partial charge in [-0.1, -0.05) is 30.3 Å². The van der Waals surface area contributed by atoms with Crippen molar-refractivity contribution in [3.05, 3.63) is 35.9 Å². The molecule has 8 heteroatoms. The molecule has 8 nitrogen and oxygen atoms in total. The molecule has 27 heavy (non-hydrogen) atoms. The normalized spacial score (nSPS) is 30.6. The van der Waals surface area contributed by atoms with Crippen LogP contribution in [0.25, 0.3) is 0 Å². The van der Waals surface area contributed by atoms with Crippen LogP contribution in [0.2, 0.25) is 0 Å². The number of ether oxygens (including phenoxy) is 4. The molecule has 0 saturated carbocycles. The summed E-state index contributed by atoms with van der Waals surface area (Å²) >= 11 is 0. The minimum atomic E-state index is -1.02. The van der Waals surface area contributed by atoms with E-state index in [-0.39, 0.29) is 6.61 Å². The number of nitrogens with zero attached hydrogens (tertiary/aromatic N) is 1. The molecule has 2 fully saturated rings. The van der Waals surface area contributed by atoms with Gasteiger partial charge in [-0.3, -0.25) is 14.4 Å². The number of benzene rings is 1. The van der Waals surface area contributed by atoms with E-state index >= 15 is 0 Å². The summed E-state index contributed by atoms with van der Waals surface area (Å²) in [4.78, 5) is 28.9. The van der Waals surface area contributed by atoms with Gasteiger partial charge in [0.15, 0.2) is 11.9 Å². The van der Waals surface area contributed by atoms with Crippen molar-refractivity contribution in [3.63, 3.8) is 0 Å². The van der Waals surface area contributed by atoms with Gasteiger partial charge in [-0.05, 0) is 5.56 Å². The monoisotopic (exact) mass is 379 g/mol. The maximum absolute atomic E-state index is 11.7. The molecule has 0 aliphatic carbocycles. The van der Waals surface area contributed by atoms with E-state index in [4.69, 9.17) is 23.8 Å². The summed E-state index contributed by atoms with van der Waals surface area (Å²) in [5.74, 6) is -1.90. The lowest BCUT2D eigenvalue weighted by molar-refractivity contribution is -0.334. The summed E-state index contributed by atoms with van der Waals surface area (Å²) in [6.45, 7) is 3.48. The third kappa shape index (κ3) is 4.30. The third-order valence-corrected chi connectivity index (χ3v) is 4.78. The minimum Gasteiger partial charge on any atom is -0.463 e. The number of hydrogen-bond acceptors (Lipinski definition) is 8. The molecular weight excluding hydrogens is 354 g/mol. The molecule has 2 heterocycles. The minimum absolute atomic E-state index is 0.0337. The van der Waals surface area contributed by atoms with Crippen LogP contribution in [0.15, 0.2) is 30.3 Å². The number of carbonyl (C=O) groups is 2. The maximum Gasteiger partial charge on any atom is 0.303 e. The fraction of sp³-hybridized carbons (Fsp3) is 0.579. The Labute approximate surface area is 158 Å². The van der Waals surface area contributed by atoms with Gasteiger partial charge in [0.1, 0.15) is 18.8 Å². The first-order valence-electron chi connectivity index (χ1n) is 8.92. The van der Waals surface area contributed by atoms with Crippen LogP contribution in [0.4, 0.5) is 0 Å². The van der Waals surface area contributed by atoms with Gasteiger partial charge in [-0.2, -0.15) is 5.06 Å². The highest BCUT2D eigenvalue weighted by atomic mass is 16.8. The molecule has 148 valence electrons. The van der Waals surface area contributed by atoms with Gasteiger partial charge in [-0.15, -0.1) is 0 Å². The summed E-state index contributed by atoms with van der Waals surface area (Å²) in [5, 5.41) is 1.74. The summed E-state index contributed by atoms with van der Waals surface area (Å²) < 4.78 is 22.6. The van der Waals surface area contributed by atoms with E-state index in [1.54, 1.807) is 12.2 Å². The van der Waals surface area contributed by atoms with Crippen LogP contribution in [0.1, 0.15) is 25.8 Å². The second-order valence-corrected chi connectivity index (χ2v) is 6.64. The predicted molar refractivity (Wildman–Crippen MR) is 93.1 cm³/mol. The number of hydroxylamine groups is 2. The maximum atomic E-state index is 11.7. The molecule has 0 amide bonds. The highest BCUT2D eigenvalue weighted by Crippen LogP contribution is 2.43. The van der Waals surface area contributed by atoms with Crippen LogP contribution in [-0.2, 0) is 39.9 Å². The Hall–Kier alpha value is -2.00. The second kappa shape index (κ2) is 8.35. The topological polar surface area (TPSA) is 83.5 Å². The lowest BCUT2D eigenvalue weighted by Gasteiger charge is -2.43. The molecule has 0 spiro atoms. The first-order valence-corrected chi connectivity index (χ1v) is 8.92. The smallest absolute Gasteiger partial charge is 0.303 e. The molecule has 3 rings (SSSR count). The van der Waals surface area contributed by atoms with Crippen molar-refractivity contribution < 1.29 is 33.4 Å². The van der Waals surface area contributed by atoms with Gasteiger partial charge >= 0.3 is 11.9 Å². The zero-order valence-electron chi connectivity index (χ0n) is 15.8. The Morgan fingerprint density at radius 2 is 1.96 bits per heavy atom. The van der Waals surface area contributed by atoms with Gasteiger partial charge in [0, 0.05) is 33.9 Å². The molecule has 0 unspecified atom stereocenters. The van der Waals surface area contributed by atoms with Crippen molar-refractivity contribution in [1.29, 1.82) is 0 Å². The van der Waals surface area contributed by atoms with E-state index < -0.39 is 36.0 Å². The van der Waals surface area contributed by atoms with Crippen LogP contribution in [0.3, 0.4) is 0 Å². The summed E-state index contributed by atoms with van der Waals surface area (Å²) in [5.41, 5.74) is 1.04. The van der Waals surface area contributed by atoms with E-state index in [1.807, 2.05) is 30.3 Å². The van der Waals surface area contributed by atoms with Gasteiger partial charge in [0.25, 0.3) is 0 Å². The lowest BCUT2D eigenvalue weighted by atomic mass is 9.97. The van der Waals surface area contributed by atoms with E-state index in [2.05, 4.69) is 0 Å². The molecule has 2 aliphatic heterocycles. The largest absolute Gasteiger partial charge is 0.463 e. The third-order valence-electron chi connectivity index (χ3n) is 4.78. The quantitative estimate of drug-likeness (QED) is 0.687. The number of carbonyl (C=O) groups excluding carboxylic acids is 2. The van der Waals surface area contributed by atoms with E-state index in [0.29, 0.717) is 19.6 Å².